The Morgan fingerprint density at radius 3 is 2.30 bits per heavy atom. The van der Waals surface area contributed by atoms with Gasteiger partial charge < -0.3 is 5.73 Å². The van der Waals surface area contributed by atoms with E-state index in [1.54, 1.807) is 13.0 Å². The van der Waals surface area contributed by atoms with E-state index >= 15 is 0 Å². The van der Waals surface area contributed by atoms with Crippen LogP contribution in [0.3, 0.4) is 0 Å². The van der Waals surface area contributed by atoms with E-state index in [-0.39, 0.29) is 57.0 Å². The van der Waals surface area contributed by atoms with Gasteiger partial charge in [-0.25, -0.2) is 0 Å². The Hall–Kier alpha value is -2.22. The zero-order valence-corrected chi connectivity index (χ0v) is 24.6. The van der Waals surface area contributed by atoms with Crippen molar-refractivity contribution in [1.29, 1.82) is 5.26 Å². The first-order valence-electron chi connectivity index (χ1n) is 14.1. The van der Waals surface area contributed by atoms with Crippen LogP contribution in [0.25, 0.3) is 0 Å². The highest BCUT2D eigenvalue weighted by atomic mass is 16.1. The van der Waals surface area contributed by atoms with Gasteiger partial charge in [-0.3, -0.25) is 14.4 Å². The molecule has 1 amide bonds. The Morgan fingerprint density at radius 1 is 1.16 bits per heavy atom. The number of fused-ring (bicyclic) bond motifs is 1. The van der Waals surface area contributed by atoms with Gasteiger partial charge in [-0.15, -0.1) is 0 Å². The van der Waals surface area contributed by atoms with E-state index < -0.39 is 10.8 Å². The van der Waals surface area contributed by atoms with Crippen LogP contribution in [-0.4, -0.2) is 17.5 Å². The lowest BCUT2D eigenvalue weighted by molar-refractivity contribution is -0.136. The molecule has 3 aliphatic rings. The van der Waals surface area contributed by atoms with E-state index in [1.807, 2.05) is 13.0 Å². The summed E-state index contributed by atoms with van der Waals surface area (Å²) in [6.07, 6.45) is 9.62. The molecular formula is C32H48N2O3. The first kappa shape index (κ1) is 29.3. The molecule has 5 heteroatoms. The number of hydrogen-bond donors (Lipinski definition) is 1. The van der Waals surface area contributed by atoms with Crippen molar-refractivity contribution >= 4 is 17.5 Å². The van der Waals surface area contributed by atoms with Gasteiger partial charge >= 0.3 is 0 Å². The smallest absolute Gasteiger partial charge is 0.223 e. The normalized spacial score (nSPS) is 38.9. The minimum absolute atomic E-state index is 0.0212. The molecule has 0 aromatic carbocycles. The molecule has 3 rings (SSSR count). The monoisotopic (exact) mass is 508 g/mol. The molecule has 204 valence electrons. The third kappa shape index (κ3) is 4.75. The van der Waals surface area contributed by atoms with Crippen LogP contribution in [0.2, 0.25) is 0 Å². The van der Waals surface area contributed by atoms with Crippen molar-refractivity contribution in [1.82, 2.24) is 0 Å². The van der Waals surface area contributed by atoms with Gasteiger partial charge in [0.25, 0.3) is 0 Å². The van der Waals surface area contributed by atoms with E-state index in [0.29, 0.717) is 0 Å². The number of primary amides is 1. The van der Waals surface area contributed by atoms with Crippen molar-refractivity contribution in [3.05, 3.63) is 23.3 Å². The summed E-state index contributed by atoms with van der Waals surface area (Å²) in [6.45, 7) is 19.1. The van der Waals surface area contributed by atoms with Crippen LogP contribution in [0.4, 0.5) is 0 Å². The first-order chi connectivity index (χ1) is 16.9. The van der Waals surface area contributed by atoms with Crippen molar-refractivity contribution in [2.24, 2.45) is 50.6 Å². The molecule has 2 saturated carbocycles. The predicted molar refractivity (Wildman–Crippen MR) is 147 cm³/mol. The number of Topliss-reactive ketones (excluding diaryl/α,β-unsaturated/α-hetero) is 1. The second kappa shape index (κ2) is 9.51. The van der Waals surface area contributed by atoms with Crippen LogP contribution < -0.4 is 5.73 Å². The maximum Gasteiger partial charge on any atom is 0.223 e. The van der Waals surface area contributed by atoms with E-state index in [2.05, 4.69) is 54.5 Å². The van der Waals surface area contributed by atoms with E-state index in [0.717, 1.165) is 50.5 Å². The third-order valence-corrected chi connectivity index (χ3v) is 11.3. The Labute approximate surface area is 224 Å². The molecule has 1 unspecified atom stereocenters. The quantitative estimate of drug-likeness (QED) is 0.402. The lowest BCUT2D eigenvalue weighted by atomic mass is 9.44. The number of amides is 1. The molecule has 5 nitrogen and oxygen atoms in total. The van der Waals surface area contributed by atoms with Gasteiger partial charge in [0.2, 0.25) is 5.91 Å². The number of nitrogens with two attached hydrogens (primary N) is 1. The highest BCUT2D eigenvalue weighted by Crippen LogP contribution is 2.65. The van der Waals surface area contributed by atoms with Crippen molar-refractivity contribution in [2.45, 2.75) is 107 Å². The van der Waals surface area contributed by atoms with Crippen LogP contribution >= 0.6 is 0 Å². The number of nitrogens with zero attached hydrogens (tertiary/aromatic N) is 1. The molecule has 0 aromatic heterocycles. The van der Waals surface area contributed by atoms with E-state index in [1.165, 1.54) is 0 Å². The van der Waals surface area contributed by atoms with E-state index in [9.17, 15) is 19.6 Å². The zero-order chi connectivity index (χ0) is 28.2. The van der Waals surface area contributed by atoms with Gasteiger partial charge in [-0.1, -0.05) is 67.0 Å². The number of rotatable bonds is 6. The summed E-state index contributed by atoms with van der Waals surface area (Å²) in [7, 11) is 0. The predicted octanol–water partition coefficient (Wildman–Crippen LogP) is 6.72. The maximum atomic E-state index is 13.0. The number of ketones is 2. The second-order valence-electron chi connectivity index (χ2n) is 14.4. The van der Waals surface area contributed by atoms with Gasteiger partial charge in [0, 0.05) is 11.3 Å². The van der Waals surface area contributed by atoms with Gasteiger partial charge in [0.05, 0.1) is 11.0 Å². The minimum atomic E-state index is -0.558. The van der Waals surface area contributed by atoms with Crippen LogP contribution in [-0.2, 0) is 14.4 Å². The summed E-state index contributed by atoms with van der Waals surface area (Å²) < 4.78 is 0. The third-order valence-electron chi connectivity index (χ3n) is 11.3. The largest absolute Gasteiger partial charge is 0.369 e. The summed E-state index contributed by atoms with van der Waals surface area (Å²) in [5.41, 5.74) is 5.88. The van der Waals surface area contributed by atoms with Crippen molar-refractivity contribution in [3.63, 3.8) is 0 Å². The number of allylic oxidation sites excluding steroid dienone is 4. The molecule has 0 bridgehead atoms. The van der Waals surface area contributed by atoms with Gasteiger partial charge in [0.15, 0.2) is 11.6 Å². The number of carbonyl (C=O) groups excluding carboxylic acids is 3. The molecule has 3 aliphatic carbocycles. The van der Waals surface area contributed by atoms with Gasteiger partial charge in [-0.05, 0) is 86.0 Å². The van der Waals surface area contributed by atoms with Crippen molar-refractivity contribution < 1.29 is 14.4 Å². The average molecular weight is 509 g/mol. The number of nitriles is 1. The standard InChI is InChI=1S/C32H48N2O3/c1-20-17-28(4,5)12-14-32(20,27(34)37)15-13-29(6,7)31(9)11-10-24-22(3)26(36)23(19-33)18-30(24,8)25(31)16-21(2)35/h16,18,20,22,24H,10-15,17H2,1-9H3,(H2,34,37)/b25-16-/t20?,22-,24-,30-,31+,32-/m0/s1. The average Bonchev–Trinajstić information content (AvgIpc) is 2.77. The Morgan fingerprint density at radius 2 is 1.78 bits per heavy atom. The van der Waals surface area contributed by atoms with Gasteiger partial charge in [-0.2, -0.15) is 5.26 Å². The Balaban J connectivity index is 2.04. The first-order valence-corrected chi connectivity index (χ1v) is 14.1. The molecule has 0 aromatic rings. The number of carbonyl (C=O) groups is 3. The van der Waals surface area contributed by atoms with Gasteiger partial charge in [0.1, 0.15) is 6.07 Å². The highest BCUT2D eigenvalue weighted by Gasteiger charge is 2.58. The molecule has 2 N–H and O–H groups in total. The summed E-state index contributed by atoms with van der Waals surface area (Å²) in [5.74, 6) is -0.307. The van der Waals surface area contributed by atoms with Crippen LogP contribution in [0.5, 0.6) is 0 Å². The lowest BCUT2D eigenvalue weighted by Crippen LogP contribution is -2.53. The number of hydrogen-bond acceptors (Lipinski definition) is 4. The zero-order valence-electron chi connectivity index (χ0n) is 24.6. The highest BCUT2D eigenvalue weighted by molar-refractivity contribution is 6.02. The summed E-state index contributed by atoms with van der Waals surface area (Å²) in [5, 5.41) is 9.74. The van der Waals surface area contributed by atoms with Crippen molar-refractivity contribution in [2.75, 3.05) is 0 Å². The molecule has 2 fully saturated rings. The molecule has 0 heterocycles. The molecule has 6 atom stereocenters. The molecule has 0 saturated heterocycles. The fourth-order valence-corrected chi connectivity index (χ4v) is 8.34. The molecule has 0 spiro atoms. The SMILES string of the molecule is CC(=O)/C=C1/[C@@]2(C)C=C(C#N)C(=O)[C@@H](C)[C@@H]2CC[C@@]1(C)C(C)(C)CC[C@@]1(C(N)=O)CCC(C)(C)CC1C. The van der Waals surface area contributed by atoms with E-state index in [4.69, 9.17) is 5.73 Å². The topological polar surface area (TPSA) is 101 Å². The summed E-state index contributed by atoms with van der Waals surface area (Å²) in [6, 6.07) is 2.13. The van der Waals surface area contributed by atoms with Crippen LogP contribution in [0.15, 0.2) is 23.3 Å². The lowest BCUT2D eigenvalue weighted by Gasteiger charge is -2.59. The van der Waals surface area contributed by atoms with Crippen LogP contribution in [0.1, 0.15) is 107 Å². The summed E-state index contributed by atoms with van der Waals surface area (Å²) >= 11 is 0. The van der Waals surface area contributed by atoms with Crippen molar-refractivity contribution in [3.8, 4) is 6.07 Å². The molecule has 37 heavy (non-hydrogen) atoms. The minimum Gasteiger partial charge on any atom is -0.369 e. The molecular weight excluding hydrogens is 460 g/mol. The molecule has 0 aliphatic heterocycles. The Kier molecular flexibility index (Phi) is 7.54. The Bertz CT molecular complexity index is 1090. The van der Waals surface area contributed by atoms with Crippen LogP contribution in [0, 0.1) is 56.2 Å². The second-order valence-corrected chi connectivity index (χ2v) is 14.4. The molecule has 0 radical (unpaired) electrons. The fraction of sp³-hybridized carbons (Fsp3) is 0.750. The summed E-state index contributed by atoms with van der Waals surface area (Å²) in [4.78, 5) is 38.4. The maximum absolute atomic E-state index is 13.0. The fourth-order valence-electron chi connectivity index (χ4n) is 8.34.